The summed E-state index contributed by atoms with van der Waals surface area (Å²) in [5.74, 6) is 0. The van der Waals surface area contributed by atoms with Crippen molar-refractivity contribution in [1.29, 1.82) is 0 Å². The van der Waals surface area contributed by atoms with Crippen LogP contribution >= 0.6 is 0 Å². The molecule has 1 aromatic rings. The SMILES string of the molecule is CCCCOCC(O)CN(CC(O)COCCCC)c1cccc(S(=O)(=O)[O-])c1.[Na+]. The Balaban J connectivity index is 0.00000841. The molecule has 0 aliphatic rings. The minimum Gasteiger partial charge on any atom is -0.744 e. The summed E-state index contributed by atoms with van der Waals surface area (Å²) >= 11 is 0. The third-order valence-electron chi connectivity index (χ3n) is 4.24. The molecular formula is C20H34NNaO7S. The van der Waals surface area contributed by atoms with Gasteiger partial charge in [0.2, 0.25) is 0 Å². The largest absolute Gasteiger partial charge is 1.00 e. The molecular weight excluding hydrogens is 421 g/mol. The summed E-state index contributed by atoms with van der Waals surface area (Å²) in [5.41, 5.74) is 0.419. The number of aliphatic hydroxyl groups is 2. The number of unbranched alkanes of at least 4 members (excludes halogenated alkanes) is 2. The summed E-state index contributed by atoms with van der Waals surface area (Å²) in [5, 5.41) is 20.6. The maximum atomic E-state index is 11.3. The summed E-state index contributed by atoms with van der Waals surface area (Å²) in [6, 6.07) is 5.56. The third kappa shape index (κ3) is 12.6. The van der Waals surface area contributed by atoms with Crippen LogP contribution in [0, 0.1) is 0 Å². The maximum Gasteiger partial charge on any atom is 1.00 e. The van der Waals surface area contributed by atoms with E-state index in [1.807, 2.05) is 13.8 Å². The van der Waals surface area contributed by atoms with Gasteiger partial charge in [-0.3, -0.25) is 0 Å². The van der Waals surface area contributed by atoms with Crippen molar-refractivity contribution in [2.75, 3.05) is 44.4 Å². The predicted molar refractivity (Wildman–Crippen MR) is 110 cm³/mol. The minimum atomic E-state index is -4.61. The molecule has 0 aromatic heterocycles. The van der Waals surface area contributed by atoms with Crippen molar-refractivity contribution < 1.29 is 62.2 Å². The van der Waals surface area contributed by atoms with Gasteiger partial charge < -0.3 is 29.1 Å². The normalized spacial score (nSPS) is 13.5. The number of aliphatic hydroxyl groups excluding tert-OH is 2. The molecule has 0 saturated carbocycles. The first-order valence-electron chi connectivity index (χ1n) is 10.1. The van der Waals surface area contributed by atoms with Gasteiger partial charge >= 0.3 is 29.6 Å². The maximum absolute atomic E-state index is 11.3. The molecule has 0 spiro atoms. The van der Waals surface area contributed by atoms with Crippen molar-refractivity contribution in [3.05, 3.63) is 24.3 Å². The number of hydrogen-bond acceptors (Lipinski definition) is 8. The molecule has 2 N–H and O–H groups in total. The van der Waals surface area contributed by atoms with Crippen molar-refractivity contribution in [3.8, 4) is 0 Å². The number of nitrogens with zero attached hydrogens (tertiary/aromatic N) is 1. The van der Waals surface area contributed by atoms with E-state index in [2.05, 4.69) is 0 Å². The Hall–Kier alpha value is -0.230. The molecule has 0 amide bonds. The van der Waals surface area contributed by atoms with Crippen LogP contribution in [0.2, 0.25) is 0 Å². The Kier molecular flexibility index (Phi) is 16.3. The van der Waals surface area contributed by atoms with Crippen molar-refractivity contribution in [2.45, 2.75) is 56.6 Å². The van der Waals surface area contributed by atoms with E-state index in [0.29, 0.717) is 18.9 Å². The standard InChI is InChI=1S/C20H35NO7S.Na/c1-3-5-10-27-15-18(22)13-21(14-19(23)16-28-11-6-4-2)17-8-7-9-20(12-17)29(24,25)26;/h7-9,12,18-19,22-23H,3-6,10-11,13-16H2,1-2H3,(H,24,25,26);/q;+1/p-1. The second kappa shape index (κ2) is 16.4. The molecule has 10 heteroatoms. The molecule has 0 radical (unpaired) electrons. The van der Waals surface area contributed by atoms with E-state index in [9.17, 15) is 23.2 Å². The number of anilines is 1. The molecule has 2 unspecified atom stereocenters. The summed E-state index contributed by atoms with van der Waals surface area (Å²) < 4.78 is 44.9. The van der Waals surface area contributed by atoms with E-state index >= 15 is 0 Å². The average molecular weight is 456 g/mol. The Morgan fingerprint density at radius 1 is 1.00 bits per heavy atom. The van der Waals surface area contributed by atoms with Gasteiger partial charge in [-0.25, -0.2) is 8.42 Å². The molecule has 0 aliphatic carbocycles. The van der Waals surface area contributed by atoms with E-state index in [4.69, 9.17) is 9.47 Å². The first-order chi connectivity index (χ1) is 13.8. The molecule has 0 bridgehead atoms. The third-order valence-corrected chi connectivity index (χ3v) is 5.07. The van der Waals surface area contributed by atoms with Crippen LogP contribution in [0.1, 0.15) is 39.5 Å². The van der Waals surface area contributed by atoms with E-state index in [-0.39, 0.29) is 60.8 Å². The monoisotopic (exact) mass is 455 g/mol. The smallest absolute Gasteiger partial charge is 0.744 e. The fourth-order valence-corrected chi connectivity index (χ4v) is 3.18. The molecule has 168 valence electrons. The van der Waals surface area contributed by atoms with Gasteiger partial charge in [-0.15, -0.1) is 0 Å². The van der Waals surface area contributed by atoms with Gasteiger partial charge in [-0.1, -0.05) is 32.8 Å². The van der Waals surface area contributed by atoms with Gasteiger partial charge in [-0.05, 0) is 31.0 Å². The van der Waals surface area contributed by atoms with Crippen LogP contribution in [0.25, 0.3) is 0 Å². The van der Waals surface area contributed by atoms with Crippen LogP contribution in [-0.2, 0) is 19.6 Å². The van der Waals surface area contributed by atoms with Crippen molar-refractivity contribution in [2.24, 2.45) is 0 Å². The van der Waals surface area contributed by atoms with Crippen molar-refractivity contribution >= 4 is 15.8 Å². The Labute approximate surface area is 202 Å². The number of hydrogen-bond donors (Lipinski definition) is 2. The quantitative estimate of drug-likeness (QED) is 0.180. The number of ether oxygens (including phenoxy) is 2. The summed E-state index contributed by atoms with van der Waals surface area (Å²) in [6.07, 6.45) is 2.09. The van der Waals surface area contributed by atoms with Gasteiger partial charge in [0, 0.05) is 32.0 Å². The zero-order valence-electron chi connectivity index (χ0n) is 18.3. The van der Waals surface area contributed by atoms with Crippen LogP contribution in [-0.4, -0.2) is 74.9 Å². The Bertz CT molecular complexity index is 655. The number of benzene rings is 1. The molecule has 0 heterocycles. The van der Waals surface area contributed by atoms with Crippen LogP contribution < -0.4 is 34.5 Å². The Morgan fingerprint density at radius 3 is 1.93 bits per heavy atom. The predicted octanol–water partition coefficient (Wildman–Crippen LogP) is -1.24. The van der Waals surface area contributed by atoms with Crippen molar-refractivity contribution in [3.63, 3.8) is 0 Å². The molecule has 0 saturated heterocycles. The fourth-order valence-electron chi connectivity index (χ4n) is 2.67. The minimum absolute atomic E-state index is 0. The number of rotatable bonds is 16. The molecule has 2 atom stereocenters. The summed E-state index contributed by atoms with van der Waals surface area (Å²) in [4.78, 5) is 1.28. The fraction of sp³-hybridized carbons (Fsp3) is 0.700. The Morgan fingerprint density at radius 2 is 1.50 bits per heavy atom. The molecule has 0 aliphatic heterocycles. The molecule has 8 nitrogen and oxygen atoms in total. The first-order valence-corrected chi connectivity index (χ1v) is 11.5. The zero-order valence-corrected chi connectivity index (χ0v) is 21.1. The second-order valence-corrected chi connectivity index (χ2v) is 8.40. The van der Waals surface area contributed by atoms with Crippen LogP contribution in [0.15, 0.2) is 29.2 Å². The van der Waals surface area contributed by atoms with Gasteiger partial charge in [0.25, 0.3) is 0 Å². The summed E-state index contributed by atoms with van der Waals surface area (Å²) in [7, 11) is -4.61. The zero-order chi connectivity index (χ0) is 21.7. The van der Waals surface area contributed by atoms with Crippen LogP contribution in [0.4, 0.5) is 5.69 Å². The van der Waals surface area contributed by atoms with E-state index < -0.39 is 22.3 Å². The van der Waals surface area contributed by atoms with E-state index in [0.717, 1.165) is 25.7 Å². The average Bonchev–Trinajstić information content (AvgIpc) is 2.67. The van der Waals surface area contributed by atoms with E-state index in [1.165, 1.54) is 18.2 Å². The molecule has 1 rings (SSSR count). The molecule has 0 fully saturated rings. The molecule has 30 heavy (non-hydrogen) atoms. The molecule has 1 aromatic carbocycles. The summed E-state index contributed by atoms with van der Waals surface area (Å²) in [6.45, 7) is 5.65. The van der Waals surface area contributed by atoms with Crippen LogP contribution in [0.5, 0.6) is 0 Å². The van der Waals surface area contributed by atoms with Gasteiger partial charge in [0.15, 0.2) is 0 Å². The van der Waals surface area contributed by atoms with Gasteiger partial charge in [0.1, 0.15) is 10.1 Å². The van der Waals surface area contributed by atoms with E-state index in [1.54, 1.807) is 11.0 Å². The van der Waals surface area contributed by atoms with Gasteiger partial charge in [-0.2, -0.15) is 0 Å². The second-order valence-electron chi connectivity index (χ2n) is 7.02. The topological polar surface area (TPSA) is 119 Å². The first kappa shape index (κ1) is 29.8. The van der Waals surface area contributed by atoms with Gasteiger partial charge in [0.05, 0.1) is 30.3 Å². The van der Waals surface area contributed by atoms with Crippen molar-refractivity contribution in [1.82, 2.24) is 0 Å². The van der Waals surface area contributed by atoms with Crippen LogP contribution in [0.3, 0.4) is 0 Å².